The molecular formula is C28H15Cl2N3O6. The van der Waals surface area contributed by atoms with Gasteiger partial charge in [0, 0.05) is 23.3 Å². The van der Waals surface area contributed by atoms with E-state index in [2.05, 4.69) is 0 Å². The van der Waals surface area contributed by atoms with Crippen LogP contribution < -0.4 is 5.63 Å². The van der Waals surface area contributed by atoms with Gasteiger partial charge in [-0.2, -0.15) is 10.5 Å². The second-order valence-corrected chi connectivity index (χ2v) is 10.2. The molecule has 5 rings (SSSR count). The zero-order valence-electron chi connectivity index (χ0n) is 20.2. The third-order valence-corrected chi connectivity index (χ3v) is 8.06. The van der Waals surface area contributed by atoms with Crippen molar-refractivity contribution < 1.29 is 18.9 Å². The number of hydrogen-bond acceptors (Lipinski definition) is 8. The Kier molecular flexibility index (Phi) is 5.84. The number of rotatable bonds is 4. The average molecular weight is 560 g/mol. The third-order valence-electron chi connectivity index (χ3n) is 7.24. The molecule has 0 fully saturated rings. The molecule has 9 nitrogen and oxygen atoms in total. The summed E-state index contributed by atoms with van der Waals surface area (Å²) in [5.74, 6) is -2.05. The lowest BCUT2D eigenvalue weighted by Crippen LogP contribution is -2.62. The molecule has 0 spiro atoms. The second-order valence-electron chi connectivity index (χ2n) is 9.43. The van der Waals surface area contributed by atoms with Crippen molar-refractivity contribution in [3.8, 4) is 23.5 Å². The first-order valence-electron chi connectivity index (χ1n) is 11.5. The summed E-state index contributed by atoms with van der Waals surface area (Å²) >= 11 is 12.2. The summed E-state index contributed by atoms with van der Waals surface area (Å²) in [6, 6.07) is 15.2. The second kappa shape index (κ2) is 8.74. The Morgan fingerprint density at radius 1 is 0.923 bits per heavy atom. The molecule has 0 saturated carbocycles. The third kappa shape index (κ3) is 3.15. The van der Waals surface area contributed by atoms with Gasteiger partial charge in [0.05, 0.1) is 22.6 Å². The lowest BCUT2D eigenvalue weighted by molar-refractivity contribution is -0.384. The van der Waals surface area contributed by atoms with E-state index in [9.17, 15) is 35.0 Å². The van der Waals surface area contributed by atoms with Gasteiger partial charge in [0.15, 0.2) is 10.8 Å². The maximum Gasteiger partial charge on any atom is 0.344 e. The molecule has 0 aromatic heterocycles. The molecule has 1 aromatic carbocycles. The minimum atomic E-state index is -2.53. The van der Waals surface area contributed by atoms with E-state index in [-0.39, 0.29) is 45.2 Å². The van der Waals surface area contributed by atoms with Crippen molar-refractivity contribution in [3.63, 3.8) is 0 Å². The van der Waals surface area contributed by atoms with E-state index in [1.54, 1.807) is 18.2 Å². The van der Waals surface area contributed by atoms with Crippen molar-refractivity contribution in [1.82, 2.24) is 0 Å². The maximum absolute atomic E-state index is 13.7. The molecule has 0 saturated heterocycles. The van der Waals surface area contributed by atoms with Crippen molar-refractivity contribution in [2.24, 2.45) is 10.8 Å². The van der Waals surface area contributed by atoms with Gasteiger partial charge >= 0.3 is 5.63 Å². The van der Waals surface area contributed by atoms with Crippen LogP contribution in [0.4, 0.5) is 5.69 Å². The number of nitro benzene ring substituents is 1. The fourth-order valence-electron chi connectivity index (χ4n) is 5.35. The van der Waals surface area contributed by atoms with Crippen molar-refractivity contribution in [3.05, 3.63) is 95.8 Å². The number of nitriles is 2. The van der Waals surface area contributed by atoms with Gasteiger partial charge in [0.2, 0.25) is 11.6 Å². The number of carbonyl (C=O) groups excluding carboxylic acids is 2. The van der Waals surface area contributed by atoms with Crippen LogP contribution in [0.25, 0.3) is 22.5 Å². The highest BCUT2D eigenvalue weighted by atomic mass is 35.5. The van der Waals surface area contributed by atoms with Crippen LogP contribution in [0, 0.1) is 43.6 Å². The van der Waals surface area contributed by atoms with Crippen LogP contribution in [-0.4, -0.2) is 16.5 Å². The quantitative estimate of drug-likeness (QED) is 0.297. The molecule has 0 bridgehead atoms. The van der Waals surface area contributed by atoms with Gasteiger partial charge < -0.3 is 4.42 Å². The van der Waals surface area contributed by atoms with Gasteiger partial charge in [0.1, 0.15) is 15.8 Å². The van der Waals surface area contributed by atoms with E-state index in [0.717, 1.165) is 17.7 Å². The number of ketones is 2. The number of furan rings is 1. The van der Waals surface area contributed by atoms with Crippen molar-refractivity contribution in [2.45, 2.75) is 19.8 Å². The average Bonchev–Trinajstić information content (AvgIpc) is 3.06. The number of non-ortho nitro benzene ring substituents is 1. The van der Waals surface area contributed by atoms with Gasteiger partial charge in [-0.3, -0.25) is 19.7 Å². The molecule has 192 valence electrons. The summed E-state index contributed by atoms with van der Waals surface area (Å²) in [5, 5.41) is 30.8. The molecule has 0 amide bonds. The molecule has 0 N–H and O–H groups in total. The molecule has 11 heteroatoms. The van der Waals surface area contributed by atoms with Gasteiger partial charge in [-0.25, -0.2) is 4.79 Å². The number of fused-ring (bicyclic) bond motifs is 2. The number of Topliss-reactive ketones (excluding diaryl/α,β-unsaturated/α-hetero) is 2. The van der Waals surface area contributed by atoms with Gasteiger partial charge in [0.25, 0.3) is 5.69 Å². The van der Waals surface area contributed by atoms with Gasteiger partial charge in [-0.05, 0) is 46.9 Å². The first-order chi connectivity index (χ1) is 18.5. The van der Waals surface area contributed by atoms with E-state index in [4.69, 9.17) is 27.6 Å². The SMILES string of the molecule is CC(C)c1cccc2oc(=O)c(C3=C(c4ccc([N+](=O)[O-])cc4)C4(C#N)C(=O)C(Cl)=C(Cl)C(=O)C34C#N)c-2c1. The van der Waals surface area contributed by atoms with Crippen LogP contribution in [0.5, 0.6) is 0 Å². The molecule has 1 aliphatic heterocycles. The van der Waals surface area contributed by atoms with Gasteiger partial charge in [-0.1, -0.05) is 49.2 Å². The Morgan fingerprint density at radius 3 is 2.00 bits per heavy atom. The number of halogens is 2. The van der Waals surface area contributed by atoms with E-state index in [1.165, 1.54) is 12.1 Å². The number of nitro groups is 1. The summed E-state index contributed by atoms with van der Waals surface area (Å²) in [6.07, 6.45) is 0. The molecule has 1 heterocycles. The molecular weight excluding hydrogens is 545 g/mol. The van der Waals surface area contributed by atoms with E-state index in [0.29, 0.717) is 0 Å². The zero-order valence-corrected chi connectivity index (χ0v) is 21.8. The topological polar surface area (TPSA) is 155 Å². The Labute approximate surface area is 230 Å². The monoisotopic (exact) mass is 559 g/mol. The Hall–Kier alpha value is -4.57. The van der Waals surface area contributed by atoms with Crippen molar-refractivity contribution in [2.75, 3.05) is 0 Å². The largest absolute Gasteiger partial charge is 0.422 e. The molecule has 1 aromatic rings. The number of carbonyl (C=O) groups is 2. The fourth-order valence-corrected chi connectivity index (χ4v) is 5.81. The molecule has 2 atom stereocenters. The van der Waals surface area contributed by atoms with Crippen LogP contribution in [0.3, 0.4) is 0 Å². The summed E-state index contributed by atoms with van der Waals surface area (Å²) in [4.78, 5) is 51.3. The zero-order chi connectivity index (χ0) is 28.4. The lowest BCUT2D eigenvalue weighted by atomic mass is 9.40. The van der Waals surface area contributed by atoms with Crippen LogP contribution in [-0.2, 0) is 9.59 Å². The highest BCUT2D eigenvalue weighted by molar-refractivity contribution is 6.60. The van der Waals surface area contributed by atoms with Gasteiger partial charge in [-0.15, -0.1) is 0 Å². The summed E-state index contributed by atoms with van der Waals surface area (Å²) in [5.41, 5.74) is -5.62. The Morgan fingerprint density at radius 2 is 1.49 bits per heavy atom. The van der Waals surface area contributed by atoms with Crippen LogP contribution >= 0.6 is 23.2 Å². The highest BCUT2D eigenvalue weighted by Crippen LogP contribution is 2.71. The van der Waals surface area contributed by atoms with E-state index < -0.39 is 43.0 Å². The first kappa shape index (κ1) is 26.1. The predicted molar refractivity (Wildman–Crippen MR) is 140 cm³/mol. The van der Waals surface area contributed by atoms with Crippen LogP contribution in [0.15, 0.2) is 67.8 Å². The Bertz CT molecular complexity index is 1820. The summed E-state index contributed by atoms with van der Waals surface area (Å²) in [7, 11) is 0. The number of nitrogens with zero attached hydrogens (tertiary/aromatic N) is 3. The number of hydrogen-bond donors (Lipinski definition) is 0. The van der Waals surface area contributed by atoms with E-state index in [1.807, 2.05) is 32.1 Å². The fraction of sp³-hybridized carbons (Fsp3) is 0.179. The standard InChI is InChI=1S/C28H15Cl2N3O6/c1-13(2)15-4-3-5-18-17(10-15)19(26(36)39-18)21-20(14-6-8-16(9-7-14)33(37)38)27(11-31)24(34)22(29)23(30)25(35)28(21,27)12-32/h3-10,13H,1-2H3. The van der Waals surface area contributed by atoms with Crippen LogP contribution in [0.2, 0.25) is 0 Å². The number of allylic oxidation sites excluding steroid dienone is 4. The number of benzene rings is 1. The van der Waals surface area contributed by atoms with Crippen molar-refractivity contribution in [1.29, 1.82) is 10.5 Å². The summed E-state index contributed by atoms with van der Waals surface area (Å²) in [6.45, 7) is 3.86. The lowest BCUT2D eigenvalue weighted by Gasteiger charge is -2.53. The predicted octanol–water partition coefficient (Wildman–Crippen LogP) is 5.56. The molecule has 39 heavy (non-hydrogen) atoms. The highest BCUT2D eigenvalue weighted by Gasteiger charge is 2.77. The van der Waals surface area contributed by atoms with E-state index >= 15 is 0 Å². The molecule has 0 radical (unpaired) electrons. The summed E-state index contributed by atoms with van der Waals surface area (Å²) < 4.78 is 5.49. The van der Waals surface area contributed by atoms with Crippen LogP contribution in [0.1, 0.15) is 36.5 Å². The van der Waals surface area contributed by atoms with Crippen molar-refractivity contribution >= 4 is 51.6 Å². The minimum absolute atomic E-state index is 0.0140. The molecule has 2 unspecified atom stereocenters. The molecule has 4 aliphatic rings. The smallest absolute Gasteiger partial charge is 0.344 e. The first-order valence-corrected chi connectivity index (χ1v) is 12.3. The maximum atomic E-state index is 13.7. The minimum Gasteiger partial charge on any atom is -0.422 e. The molecule has 3 aliphatic carbocycles. The normalized spacial score (nSPS) is 22.4. The Balaban J connectivity index is 1.98.